The fourth-order valence-electron chi connectivity index (χ4n) is 4.29. The van der Waals surface area contributed by atoms with E-state index in [1.165, 1.54) is 32.1 Å². The Hall–Kier alpha value is -1.76. The van der Waals surface area contributed by atoms with Crippen LogP contribution in [-0.4, -0.2) is 43.6 Å². The van der Waals surface area contributed by atoms with Gasteiger partial charge < -0.3 is 15.0 Å². The largest absolute Gasteiger partial charge is 0.496 e. The third-order valence-corrected chi connectivity index (χ3v) is 5.53. The van der Waals surface area contributed by atoms with Gasteiger partial charge in [0.2, 0.25) is 0 Å². The molecule has 0 bridgehead atoms. The van der Waals surface area contributed by atoms with Crippen LogP contribution >= 0.6 is 0 Å². The molecule has 2 atom stereocenters. The predicted molar refractivity (Wildman–Crippen MR) is 92.3 cm³/mol. The monoisotopic (exact) mass is 370 g/mol. The van der Waals surface area contributed by atoms with Crippen LogP contribution in [-0.2, 0) is 6.18 Å². The van der Waals surface area contributed by atoms with Crippen molar-refractivity contribution >= 4 is 5.91 Å². The molecule has 0 unspecified atom stereocenters. The summed E-state index contributed by atoms with van der Waals surface area (Å²) in [6, 6.07) is 3.98. The maximum absolute atomic E-state index is 13.3. The molecule has 1 aliphatic carbocycles. The number of hydrogen-bond donors (Lipinski definition) is 1. The molecule has 1 aliphatic heterocycles. The van der Waals surface area contributed by atoms with Gasteiger partial charge in [-0.2, -0.15) is 13.2 Å². The van der Waals surface area contributed by atoms with Gasteiger partial charge in [0.15, 0.2) is 0 Å². The summed E-state index contributed by atoms with van der Waals surface area (Å²) in [5.41, 5.74) is -1.39. The second kappa shape index (κ2) is 7.86. The number of halogens is 3. The molecule has 0 aromatic heterocycles. The van der Waals surface area contributed by atoms with E-state index in [0.717, 1.165) is 38.4 Å². The number of rotatable bonds is 5. The van der Waals surface area contributed by atoms with E-state index in [-0.39, 0.29) is 5.75 Å². The predicted octanol–water partition coefficient (Wildman–Crippen LogP) is 3.71. The lowest BCUT2D eigenvalue weighted by Crippen LogP contribution is -2.41. The molecule has 26 heavy (non-hydrogen) atoms. The minimum Gasteiger partial charge on any atom is -0.496 e. The molecular weight excluding hydrogens is 345 g/mol. The van der Waals surface area contributed by atoms with Crippen LogP contribution in [0.25, 0.3) is 0 Å². The first kappa shape index (κ1) is 19.0. The van der Waals surface area contributed by atoms with Gasteiger partial charge in [0, 0.05) is 12.6 Å². The zero-order chi connectivity index (χ0) is 18.7. The molecule has 1 saturated carbocycles. The number of nitrogens with one attached hydrogen (secondary N) is 1. The zero-order valence-electron chi connectivity index (χ0n) is 14.9. The summed E-state index contributed by atoms with van der Waals surface area (Å²) in [5, 5.41) is 2.74. The van der Waals surface area contributed by atoms with Crippen LogP contribution in [0.3, 0.4) is 0 Å². The topological polar surface area (TPSA) is 41.6 Å². The molecule has 1 heterocycles. The summed E-state index contributed by atoms with van der Waals surface area (Å²) in [7, 11) is 1.27. The lowest BCUT2D eigenvalue weighted by molar-refractivity contribution is -0.138. The van der Waals surface area contributed by atoms with Crippen molar-refractivity contribution in [2.24, 2.45) is 5.92 Å². The van der Waals surface area contributed by atoms with Crippen LogP contribution in [0, 0.1) is 5.92 Å². The van der Waals surface area contributed by atoms with Gasteiger partial charge in [-0.05, 0) is 56.8 Å². The minimum atomic E-state index is -4.60. The van der Waals surface area contributed by atoms with Gasteiger partial charge in [0.1, 0.15) is 5.75 Å². The third kappa shape index (κ3) is 3.98. The van der Waals surface area contributed by atoms with Gasteiger partial charge in [0.25, 0.3) is 5.91 Å². The Morgan fingerprint density at radius 1 is 1.23 bits per heavy atom. The van der Waals surface area contributed by atoms with Crippen LogP contribution in [0.1, 0.15) is 48.0 Å². The van der Waals surface area contributed by atoms with Crippen molar-refractivity contribution in [3.63, 3.8) is 0 Å². The molecule has 1 N–H and O–H groups in total. The lowest BCUT2D eigenvalue weighted by Gasteiger charge is -2.29. The number of amides is 1. The van der Waals surface area contributed by atoms with E-state index < -0.39 is 23.2 Å². The summed E-state index contributed by atoms with van der Waals surface area (Å²) in [6.07, 6.45) is 0.997. The molecule has 1 aromatic carbocycles. The van der Waals surface area contributed by atoms with E-state index in [2.05, 4.69) is 10.2 Å². The number of carbonyl (C=O) groups is 1. The highest BCUT2D eigenvalue weighted by atomic mass is 19.4. The zero-order valence-corrected chi connectivity index (χ0v) is 14.9. The van der Waals surface area contributed by atoms with Gasteiger partial charge in [-0.25, -0.2) is 0 Å². The lowest BCUT2D eigenvalue weighted by atomic mass is 10.0. The van der Waals surface area contributed by atoms with E-state index in [9.17, 15) is 18.0 Å². The van der Waals surface area contributed by atoms with E-state index in [0.29, 0.717) is 18.5 Å². The molecular formula is C19H25F3N2O2. The first-order valence-electron chi connectivity index (χ1n) is 9.18. The first-order chi connectivity index (χ1) is 12.4. The van der Waals surface area contributed by atoms with E-state index in [4.69, 9.17) is 4.74 Å². The maximum atomic E-state index is 13.3. The molecule has 2 aliphatic rings. The highest BCUT2D eigenvalue weighted by Gasteiger charge is 2.38. The second-order valence-corrected chi connectivity index (χ2v) is 7.09. The Balaban J connectivity index is 1.72. The van der Waals surface area contributed by atoms with Crippen molar-refractivity contribution in [2.45, 2.75) is 44.3 Å². The van der Waals surface area contributed by atoms with E-state index in [1.54, 1.807) is 0 Å². The molecule has 1 aromatic rings. The van der Waals surface area contributed by atoms with Crippen LogP contribution in [0.5, 0.6) is 5.75 Å². The van der Waals surface area contributed by atoms with Gasteiger partial charge in [-0.15, -0.1) is 0 Å². The van der Waals surface area contributed by atoms with Gasteiger partial charge >= 0.3 is 6.18 Å². The average molecular weight is 370 g/mol. The van der Waals surface area contributed by atoms with Crippen LogP contribution in [0.15, 0.2) is 18.2 Å². The Bertz CT molecular complexity index is 642. The normalized spacial score (nSPS) is 24.0. The maximum Gasteiger partial charge on any atom is 0.417 e. The van der Waals surface area contributed by atoms with Crippen LogP contribution in [0.4, 0.5) is 13.2 Å². The van der Waals surface area contributed by atoms with Crippen molar-refractivity contribution < 1.29 is 22.7 Å². The van der Waals surface area contributed by atoms with E-state index in [1.807, 2.05) is 0 Å². The van der Waals surface area contributed by atoms with E-state index >= 15 is 0 Å². The number of alkyl halides is 3. The summed E-state index contributed by atoms with van der Waals surface area (Å²) in [6.45, 7) is 2.56. The van der Waals surface area contributed by atoms with Crippen molar-refractivity contribution in [2.75, 3.05) is 26.7 Å². The number of nitrogens with zero attached hydrogens (tertiary/aromatic N) is 1. The fourth-order valence-corrected chi connectivity index (χ4v) is 4.29. The van der Waals surface area contributed by atoms with Gasteiger partial charge in [-0.1, -0.05) is 12.5 Å². The standard InChI is InChI=1S/C19H25F3N2O2/c1-26-16-9-5-7-14(19(20,21)22)17(16)18(25)23-12-13-6-4-8-15(13)24-10-2-3-11-24/h5,7,9,13,15H,2-4,6,8,10-12H2,1H3,(H,23,25)/t13-,15-/m1/s1. The first-order valence-corrected chi connectivity index (χ1v) is 9.18. The van der Waals surface area contributed by atoms with Crippen molar-refractivity contribution in [1.29, 1.82) is 0 Å². The quantitative estimate of drug-likeness (QED) is 0.859. The number of benzene rings is 1. The van der Waals surface area contributed by atoms with Crippen LogP contribution < -0.4 is 10.1 Å². The Kier molecular flexibility index (Phi) is 5.75. The molecule has 0 spiro atoms. The van der Waals surface area contributed by atoms with Gasteiger partial charge in [0.05, 0.1) is 18.2 Å². The number of carbonyl (C=O) groups excluding carboxylic acids is 1. The number of likely N-dealkylation sites (tertiary alicyclic amines) is 1. The second-order valence-electron chi connectivity index (χ2n) is 7.09. The fraction of sp³-hybridized carbons (Fsp3) is 0.632. The highest BCUT2D eigenvalue weighted by molar-refractivity contribution is 5.98. The van der Waals surface area contributed by atoms with Crippen molar-refractivity contribution in [1.82, 2.24) is 10.2 Å². The smallest absolute Gasteiger partial charge is 0.417 e. The Labute approximate surface area is 151 Å². The SMILES string of the molecule is COc1cccc(C(F)(F)F)c1C(=O)NC[C@H]1CCC[C@H]1N1CCCC1. The summed E-state index contributed by atoms with van der Waals surface area (Å²) in [4.78, 5) is 15.0. The van der Waals surface area contributed by atoms with Crippen LogP contribution in [0.2, 0.25) is 0 Å². The Morgan fingerprint density at radius 2 is 1.96 bits per heavy atom. The summed E-state index contributed by atoms with van der Waals surface area (Å²) in [5.74, 6) is -0.484. The summed E-state index contributed by atoms with van der Waals surface area (Å²) >= 11 is 0. The third-order valence-electron chi connectivity index (χ3n) is 5.53. The highest BCUT2D eigenvalue weighted by Crippen LogP contribution is 2.36. The molecule has 0 radical (unpaired) electrons. The molecule has 1 saturated heterocycles. The summed E-state index contributed by atoms with van der Waals surface area (Å²) < 4.78 is 44.9. The number of methoxy groups -OCH3 is 1. The van der Waals surface area contributed by atoms with Crippen molar-refractivity contribution in [3.05, 3.63) is 29.3 Å². The number of hydrogen-bond acceptors (Lipinski definition) is 3. The molecule has 3 rings (SSSR count). The molecule has 4 nitrogen and oxygen atoms in total. The molecule has 7 heteroatoms. The molecule has 1 amide bonds. The number of ether oxygens (including phenoxy) is 1. The molecule has 144 valence electrons. The average Bonchev–Trinajstić information content (AvgIpc) is 3.29. The van der Waals surface area contributed by atoms with Crippen molar-refractivity contribution in [3.8, 4) is 5.75 Å². The van der Waals surface area contributed by atoms with Gasteiger partial charge in [-0.3, -0.25) is 4.79 Å². The Morgan fingerprint density at radius 3 is 2.62 bits per heavy atom. The minimum absolute atomic E-state index is 0.0557. The molecule has 2 fully saturated rings.